The molecule has 29 heteroatoms. The molecule has 12 atom stereocenters. The lowest BCUT2D eigenvalue weighted by Gasteiger charge is -2.28. The summed E-state index contributed by atoms with van der Waals surface area (Å²) in [6.45, 7) is 9.16. The van der Waals surface area contributed by atoms with Gasteiger partial charge in [0, 0.05) is 24.5 Å². The third kappa shape index (κ3) is 25.4. The molecule has 10 amide bonds. The zero-order valence-corrected chi connectivity index (χ0v) is 48.4. The number of carbonyl (C=O) groups is 10. The summed E-state index contributed by atoms with van der Waals surface area (Å²) in [6.07, 6.45) is -3.29. The van der Waals surface area contributed by atoms with E-state index < -0.39 is 145 Å². The van der Waals surface area contributed by atoms with Crippen molar-refractivity contribution in [2.45, 2.75) is 166 Å². The van der Waals surface area contributed by atoms with Gasteiger partial charge in [-0.25, -0.2) is 0 Å². The van der Waals surface area contributed by atoms with E-state index >= 15 is 0 Å². The molecule has 0 unspecified atom stereocenters. The van der Waals surface area contributed by atoms with Gasteiger partial charge in [-0.2, -0.15) is 0 Å². The smallest absolute Gasteiger partial charge is 0.245 e. The zero-order chi connectivity index (χ0) is 60.1. The zero-order valence-electron chi connectivity index (χ0n) is 46.8. The van der Waals surface area contributed by atoms with Crippen LogP contribution >= 0.6 is 21.6 Å². The average Bonchev–Trinajstić information content (AvgIpc) is 3.39. The van der Waals surface area contributed by atoms with E-state index in [4.69, 9.17) is 28.7 Å². The summed E-state index contributed by atoms with van der Waals surface area (Å²) in [4.78, 5) is 140. The molecule has 80 heavy (non-hydrogen) atoms. The fourth-order valence-corrected chi connectivity index (χ4v) is 10.4. The predicted octanol–water partition coefficient (Wildman–Crippen LogP) is -4.93. The Morgan fingerprint density at radius 2 is 1.11 bits per heavy atom. The fraction of sp³-hybridized carbons (Fsp3) is 0.686. The van der Waals surface area contributed by atoms with Gasteiger partial charge in [0.15, 0.2) is 0 Å². The van der Waals surface area contributed by atoms with Crippen molar-refractivity contribution in [2.75, 3.05) is 44.2 Å². The van der Waals surface area contributed by atoms with E-state index in [0.717, 1.165) is 12.2 Å². The Bertz CT molecular complexity index is 2170. The molecular weight excluding hydrogens is 1080 g/mol. The van der Waals surface area contributed by atoms with Crippen molar-refractivity contribution in [1.29, 1.82) is 0 Å². The maximum Gasteiger partial charge on any atom is 0.245 e. The standard InChI is InChI=1S/C51H89N15O12S2/c1-27(2)17-23-79-80-26-32(56)42(69)65-41(30(6)68)51(78)62-35(14-20-54)44(71)61-37-16-22-57-50(77)40(29(5)67)66-47(74)36(15-21-55)59-43(70)33(12-18-52)60-48(75)38(24-28(3)4)63-49(76)39(25-31-10-8-7-9-11-31)64-45(72)34(13-19-53)58-46(37)73/h7-11,27-30,32-41,67-68H,12-26,52-56H2,1-6H3,(H,57,77)(H,58,73)(H,59,70)(H,60,75)(H,61,71)(H,62,78)(H,63,76)(H,64,72)(H,65,69)(H,66,74)/t29-,30-,32-,33+,34+,35+,36+,37+,38+,39-,40+,41+/m1/s1. The molecule has 1 aromatic rings. The first-order valence-electron chi connectivity index (χ1n) is 27.1. The van der Waals surface area contributed by atoms with E-state index in [9.17, 15) is 58.2 Å². The van der Waals surface area contributed by atoms with E-state index in [1.165, 1.54) is 24.6 Å². The van der Waals surface area contributed by atoms with Crippen LogP contribution in [0.3, 0.4) is 0 Å². The maximum atomic E-state index is 14.5. The van der Waals surface area contributed by atoms with Crippen molar-refractivity contribution in [3.8, 4) is 0 Å². The van der Waals surface area contributed by atoms with Crippen molar-refractivity contribution in [3.05, 3.63) is 35.9 Å². The number of aliphatic hydroxyl groups is 2. The van der Waals surface area contributed by atoms with Crippen molar-refractivity contribution >= 4 is 80.7 Å². The Balaban J connectivity index is 2.68. The first-order chi connectivity index (χ1) is 37.9. The molecule has 0 aromatic heterocycles. The van der Waals surface area contributed by atoms with Gasteiger partial charge in [0.05, 0.1) is 18.2 Å². The van der Waals surface area contributed by atoms with Gasteiger partial charge in [0.2, 0.25) is 59.1 Å². The molecule has 1 fully saturated rings. The van der Waals surface area contributed by atoms with Crippen LogP contribution in [0.25, 0.3) is 0 Å². The number of hydrogen-bond donors (Lipinski definition) is 17. The van der Waals surface area contributed by atoms with Crippen molar-refractivity contribution < 1.29 is 58.2 Å². The Hall–Kier alpha value is -5.66. The van der Waals surface area contributed by atoms with Gasteiger partial charge in [0.25, 0.3) is 0 Å². The second kappa shape index (κ2) is 37.4. The van der Waals surface area contributed by atoms with E-state index in [-0.39, 0.29) is 76.4 Å². The predicted molar refractivity (Wildman–Crippen MR) is 305 cm³/mol. The van der Waals surface area contributed by atoms with Crippen molar-refractivity contribution in [1.82, 2.24) is 53.2 Å². The van der Waals surface area contributed by atoms with Crippen LogP contribution in [0.5, 0.6) is 0 Å². The summed E-state index contributed by atoms with van der Waals surface area (Å²) in [7, 11) is 2.92. The van der Waals surface area contributed by atoms with Gasteiger partial charge in [-0.3, -0.25) is 47.9 Å². The van der Waals surface area contributed by atoms with E-state index in [1.807, 2.05) is 0 Å². The van der Waals surface area contributed by atoms with Gasteiger partial charge in [-0.1, -0.05) is 79.6 Å². The van der Waals surface area contributed by atoms with Crippen LogP contribution in [0.1, 0.15) is 92.1 Å². The van der Waals surface area contributed by atoms with E-state index in [2.05, 4.69) is 67.0 Å². The Morgan fingerprint density at radius 1 is 0.600 bits per heavy atom. The van der Waals surface area contributed by atoms with Gasteiger partial charge in [0.1, 0.15) is 54.4 Å². The highest BCUT2D eigenvalue weighted by Gasteiger charge is 2.37. The molecular formula is C51H89N15O12S2. The molecule has 1 saturated heterocycles. The highest BCUT2D eigenvalue weighted by atomic mass is 33.1. The van der Waals surface area contributed by atoms with Crippen LogP contribution in [0.4, 0.5) is 0 Å². The first kappa shape index (κ1) is 70.4. The molecule has 0 spiro atoms. The second-order valence-electron chi connectivity index (χ2n) is 20.5. The molecule has 0 saturated carbocycles. The largest absolute Gasteiger partial charge is 0.391 e. The molecule has 0 radical (unpaired) electrons. The van der Waals surface area contributed by atoms with Crippen LogP contribution in [0.15, 0.2) is 30.3 Å². The molecule has 2 rings (SSSR count). The van der Waals surface area contributed by atoms with Crippen LogP contribution in [-0.2, 0) is 54.4 Å². The minimum atomic E-state index is -1.67. The van der Waals surface area contributed by atoms with Gasteiger partial charge in [-0.05, 0) is 102 Å². The monoisotopic (exact) mass is 1170 g/mol. The maximum absolute atomic E-state index is 14.5. The second-order valence-corrected chi connectivity index (χ2v) is 23.1. The minimum Gasteiger partial charge on any atom is -0.391 e. The third-order valence-electron chi connectivity index (χ3n) is 12.5. The number of rotatable bonds is 26. The van der Waals surface area contributed by atoms with Gasteiger partial charge in [-0.15, -0.1) is 0 Å². The fourth-order valence-electron chi connectivity index (χ4n) is 7.98. The van der Waals surface area contributed by atoms with Gasteiger partial charge < -0.3 is 92.0 Å². The van der Waals surface area contributed by atoms with E-state index in [1.54, 1.807) is 55.0 Å². The summed E-state index contributed by atoms with van der Waals surface area (Å²) in [5, 5.41) is 46.9. The van der Waals surface area contributed by atoms with Crippen LogP contribution < -0.4 is 81.8 Å². The van der Waals surface area contributed by atoms with Crippen molar-refractivity contribution in [3.63, 3.8) is 0 Å². The molecule has 452 valence electrons. The third-order valence-corrected chi connectivity index (χ3v) is 15.0. The number of aliphatic hydroxyl groups excluding tert-OH is 2. The lowest BCUT2D eigenvalue weighted by Crippen LogP contribution is -2.62. The first-order valence-corrected chi connectivity index (χ1v) is 29.6. The number of benzene rings is 1. The number of amides is 10. The summed E-state index contributed by atoms with van der Waals surface area (Å²) < 4.78 is 0. The van der Waals surface area contributed by atoms with Crippen LogP contribution in [0.2, 0.25) is 0 Å². The van der Waals surface area contributed by atoms with Crippen LogP contribution in [0, 0.1) is 11.8 Å². The normalized spacial score (nSPS) is 23.3. The molecule has 1 aromatic carbocycles. The molecule has 1 heterocycles. The molecule has 1 aliphatic heterocycles. The van der Waals surface area contributed by atoms with E-state index in [0.29, 0.717) is 11.5 Å². The van der Waals surface area contributed by atoms with Crippen LogP contribution in [-0.4, -0.2) is 186 Å². The molecule has 0 bridgehead atoms. The molecule has 1 aliphatic rings. The summed E-state index contributed by atoms with van der Waals surface area (Å²) in [6, 6.07) is -5.78. The molecule has 27 nitrogen and oxygen atoms in total. The summed E-state index contributed by atoms with van der Waals surface area (Å²) >= 11 is 0. The number of nitrogens with two attached hydrogens (primary N) is 5. The van der Waals surface area contributed by atoms with Gasteiger partial charge >= 0.3 is 0 Å². The average molecular weight is 1170 g/mol. The number of hydrogen-bond acceptors (Lipinski definition) is 19. The highest BCUT2D eigenvalue weighted by molar-refractivity contribution is 8.76. The highest BCUT2D eigenvalue weighted by Crippen LogP contribution is 2.24. The Morgan fingerprint density at radius 3 is 1.62 bits per heavy atom. The quantitative estimate of drug-likeness (QED) is 0.0305. The minimum absolute atomic E-state index is 0.0558. The lowest BCUT2D eigenvalue weighted by atomic mass is 10.00. The SMILES string of the molecule is CC(C)CCSSC[C@@H](N)C(=O)N[C@H](C(=O)N[C@@H](CCN)C(=O)N[C@H]1CCNC(=O)[C@H]([C@@H](C)O)NC(=O)[C@H](CCN)NC(=O)[C@H](CCN)NC(=O)[C@H](CC(C)C)NC(=O)[C@@H](Cc2ccccc2)NC(=O)[C@H](CCN)NC1=O)[C@@H](C)O. The lowest BCUT2D eigenvalue weighted by molar-refractivity contribution is -0.136. The Labute approximate surface area is 476 Å². The molecule has 22 N–H and O–H groups in total. The topological polar surface area (TPSA) is 462 Å². The summed E-state index contributed by atoms with van der Waals surface area (Å²) in [5.41, 5.74) is 30.2. The Kier molecular flexibility index (Phi) is 32.9. The summed E-state index contributed by atoms with van der Waals surface area (Å²) in [5.74, 6) is -7.70. The van der Waals surface area contributed by atoms with Crippen molar-refractivity contribution in [2.24, 2.45) is 40.5 Å². The molecule has 0 aliphatic carbocycles. The number of carbonyl (C=O) groups excluding carboxylic acids is 10. The number of nitrogens with one attached hydrogen (secondary N) is 10.